The van der Waals surface area contributed by atoms with Crippen molar-refractivity contribution < 1.29 is 19.3 Å². The van der Waals surface area contributed by atoms with Crippen molar-refractivity contribution in [1.82, 2.24) is 0 Å². The molecule has 4 heteroatoms. The minimum Gasteiger partial charge on any atom is -0.387 e. The molecule has 1 saturated heterocycles. The number of aliphatic hydroxyl groups is 1. The molecule has 84 valence electrons. The van der Waals surface area contributed by atoms with Crippen molar-refractivity contribution in [3.63, 3.8) is 0 Å². The Hall–Kier alpha value is -0.160. The first-order chi connectivity index (χ1) is 6.97. The molecule has 4 nitrogen and oxygen atoms in total. The molecule has 1 heterocycles. The van der Waals surface area contributed by atoms with Gasteiger partial charge >= 0.3 is 0 Å². The molecule has 1 rings (SSSR count). The van der Waals surface area contributed by atoms with E-state index >= 15 is 0 Å². The van der Waals surface area contributed by atoms with Crippen LogP contribution in [-0.4, -0.2) is 50.8 Å². The molecule has 0 aromatic carbocycles. The summed E-state index contributed by atoms with van der Waals surface area (Å²) in [5, 5.41) is 4.71. The number of methoxy groups -OCH3 is 2. The molecule has 4 atom stereocenters. The molecule has 0 spiro atoms. The molecule has 1 aliphatic heterocycles. The van der Waals surface area contributed by atoms with Gasteiger partial charge < -0.3 is 19.3 Å². The zero-order chi connectivity index (χ0) is 11.6. The second-order valence-corrected chi connectivity index (χ2v) is 4.23. The van der Waals surface area contributed by atoms with Crippen LogP contribution in [0.15, 0.2) is 0 Å². The predicted molar refractivity (Wildman–Crippen MR) is 52.2 cm³/mol. The normalized spacial score (nSPS) is 39.9. The van der Waals surface area contributed by atoms with Gasteiger partial charge in [0.05, 0.1) is 11.7 Å². The van der Waals surface area contributed by atoms with Gasteiger partial charge in [-0.2, -0.15) is 0 Å². The maximum Gasteiger partial charge on any atom is 0.211 e. The summed E-state index contributed by atoms with van der Waals surface area (Å²) >= 11 is 0. The van der Waals surface area contributed by atoms with Crippen molar-refractivity contribution in [1.29, 1.82) is 1.43 Å². The number of aliphatic hydroxyl groups excluding tert-OH is 1. The fraction of sp³-hybridized carbons (Fsp3) is 1.00. The van der Waals surface area contributed by atoms with Gasteiger partial charge in [0.2, 0.25) is 1.43 Å². The molecule has 0 radical (unpaired) electrons. The van der Waals surface area contributed by atoms with Crippen LogP contribution in [0, 0.1) is 0 Å². The van der Waals surface area contributed by atoms with Gasteiger partial charge in [0.25, 0.3) is 0 Å². The van der Waals surface area contributed by atoms with Gasteiger partial charge in [-0.1, -0.05) is 0 Å². The highest BCUT2D eigenvalue weighted by molar-refractivity contribution is 4.97. The lowest BCUT2D eigenvalue weighted by atomic mass is 9.95. The minimum absolute atomic E-state index is 0.0928. The largest absolute Gasteiger partial charge is 0.387 e. The minimum atomic E-state index is -0.493. The van der Waals surface area contributed by atoms with E-state index in [0.717, 1.165) is 0 Å². The van der Waals surface area contributed by atoms with Crippen LogP contribution in [0.3, 0.4) is 0 Å². The van der Waals surface area contributed by atoms with Crippen molar-refractivity contribution in [2.75, 3.05) is 14.2 Å². The van der Waals surface area contributed by atoms with E-state index in [1.165, 1.54) is 0 Å². The molecule has 0 unspecified atom stereocenters. The summed E-state index contributed by atoms with van der Waals surface area (Å²) in [6, 6.07) is 0. The SMILES string of the molecule is [3H]O[C@H]1[C@@H](OC)[C@H](C)O[C@@H]1C(C)(C)OC. The Bertz CT molecular complexity index is 210. The Morgan fingerprint density at radius 1 is 1.43 bits per heavy atom. The number of hydrogen-bond acceptors (Lipinski definition) is 4. The summed E-state index contributed by atoms with van der Waals surface area (Å²) in [6.07, 6.45) is -1.02. The summed E-state index contributed by atoms with van der Waals surface area (Å²) in [5.41, 5.74) is -0.493. The van der Waals surface area contributed by atoms with Gasteiger partial charge in [0.1, 0.15) is 18.3 Å². The molecule has 0 amide bonds. The molecule has 0 bridgehead atoms. The van der Waals surface area contributed by atoms with Crippen LogP contribution >= 0.6 is 0 Å². The van der Waals surface area contributed by atoms with Crippen LogP contribution in [0.4, 0.5) is 0 Å². The van der Waals surface area contributed by atoms with Crippen LogP contribution in [0.2, 0.25) is 0 Å². The van der Waals surface area contributed by atoms with E-state index in [0.29, 0.717) is 0 Å². The van der Waals surface area contributed by atoms with Crippen LogP contribution < -0.4 is 0 Å². The van der Waals surface area contributed by atoms with Gasteiger partial charge in [-0.15, -0.1) is 0 Å². The first-order valence-electron chi connectivity index (χ1n) is 5.24. The van der Waals surface area contributed by atoms with Crippen molar-refractivity contribution in [2.24, 2.45) is 0 Å². The fourth-order valence-electron chi connectivity index (χ4n) is 1.83. The maximum absolute atomic E-state index is 7.09. The average Bonchev–Trinajstić information content (AvgIpc) is 2.55. The number of ether oxygens (including phenoxy) is 3. The van der Waals surface area contributed by atoms with Crippen molar-refractivity contribution >= 4 is 0 Å². The molecule has 0 aromatic heterocycles. The third kappa shape index (κ3) is 1.93. The lowest BCUT2D eigenvalue weighted by Crippen LogP contribution is -2.46. The highest BCUT2D eigenvalue weighted by Gasteiger charge is 2.48. The van der Waals surface area contributed by atoms with E-state index < -0.39 is 11.7 Å². The fourth-order valence-corrected chi connectivity index (χ4v) is 1.83. The summed E-state index contributed by atoms with van der Waals surface area (Å²) in [7, 11) is 3.22. The molecule has 0 aliphatic carbocycles. The Kier molecular flexibility index (Phi) is 3.07. The lowest BCUT2D eigenvalue weighted by molar-refractivity contribution is -0.126. The van der Waals surface area contributed by atoms with Crippen LogP contribution in [0.1, 0.15) is 20.8 Å². The summed E-state index contributed by atoms with van der Waals surface area (Å²) in [5.74, 6) is 0. The number of rotatable bonds is 4. The van der Waals surface area contributed by atoms with Crippen LogP contribution in [0.5, 0.6) is 0 Å². The monoisotopic (exact) mass is 206 g/mol. The standard InChI is InChI=1S/C10H20O4/c1-6-8(12-4)7(11)9(14-6)10(2,3)13-5/h6-9,11H,1-5H3/t6-,7-,8-,9-/m0/s1/i11T. The molecule has 1 fully saturated rings. The van der Waals surface area contributed by atoms with Gasteiger partial charge in [0, 0.05) is 14.2 Å². The predicted octanol–water partition coefficient (Wildman–Crippen LogP) is 0.575. The highest BCUT2D eigenvalue weighted by atomic mass is 16.6. The Balaban J connectivity index is 2.83. The maximum atomic E-state index is 7.09. The van der Waals surface area contributed by atoms with Crippen molar-refractivity contribution in [3.8, 4) is 0 Å². The molecule has 1 aliphatic rings. The molecule has 14 heavy (non-hydrogen) atoms. The van der Waals surface area contributed by atoms with Gasteiger partial charge in [-0.25, -0.2) is 0 Å². The molecule has 0 aromatic rings. The number of hydrogen-bond donors (Lipinski definition) is 1. The van der Waals surface area contributed by atoms with Crippen molar-refractivity contribution in [3.05, 3.63) is 0 Å². The van der Waals surface area contributed by atoms with Gasteiger partial charge in [0.15, 0.2) is 0 Å². The van der Waals surface area contributed by atoms with Crippen molar-refractivity contribution in [2.45, 2.75) is 50.8 Å². The van der Waals surface area contributed by atoms with E-state index in [2.05, 4.69) is 0 Å². The second-order valence-electron chi connectivity index (χ2n) is 4.23. The smallest absolute Gasteiger partial charge is 0.211 e. The molecule has 0 saturated carbocycles. The summed E-state index contributed by atoms with van der Waals surface area (Å²) in [4.78, 5) is 0. The van der Waals surface area contributed by atoms with E-state index in [-0.39, 0.29) is 18.3 Å². The van der Waals surface area contributed by atoms with Gasteiger partial charge in [-0.05, 0) is 20.8 Å². The topological polar surface area (TPSA) is 47.9 Å². The first kappa shape index (κ1) is 10.4. The highest BCUT2D eigenvalue weighted by Crippen LogP contribution is 2.31. The lowest BCUT2D eigenvalue weighted by Gasteiger charge is -2.31. The van der Waals surface area contributed by atoms with Crippen LogP contribution in [0.25, 0.3) is 0 Å². The average molecular weight is 206 g/mol. The summed E-state index contributed by atoms with van der Waals surface area (Å²) < 4.78 is 23.4. The van der Waals surface area contributed by atoms with E-state index in [1.807, 2.05) is 20.8 Å². The molecular weight excluding hydrogens is 184 g/mol. The first-order valence-corrected chi connectivity index (χ1v) is 4.83. The van der Waals surface area contributed by atoms with Gasteiger partial charge in [-0.3, -0.25) is 0 Å². The van der Waals surface area contributed by atoms with E-state index in [9.17, 15) is 0 Å². The quantitative estimate of drug-likeness (QED) is 0.730. The Morgan fingerprint density at radius 3 is 2.50 bits per heavy atom. The zero-order valence-corrected chi connectivity index (χ0v) is 9.44. The Labute approximate surface area is 86.6 Å². The van der Waals surface area contributed by atoms with Crippen LogP contribution in [-0.2, 0) is 14.2 Å². The summed E-state index contributed by atoms with van der Waals surface area (Å²) in [6.45, 7) is 5.73. The zero-order valence-electron chi connectivity index (χ0n) is 10.4. The second kappa shape index (κ2) is 4.14. The third-order valence-electron chi connectivity index (χ3n) is 2.93. The van der Waals surface area contributed by atoms with E-state index in [4.69, 9.17) is 20.8 Å². The molecular formula is C10H20O4. The Morgan fingerprint density at radius 2 is 2.07 bits per heavy atom. The van der Waals surface area contributed by atoms with E-state index in [1.54, 1.807) is 14.2 Å². The third-order valence-corrected chi connectivity index (χ3v) is 2.93. The molecule has 1 N–H and O–H groups in total.